The van der Waals surface area contributed by atoms with Crippen molar-refractivity contribution < 1.29 is 24.3 Å². The van der Waals surface area contributed by atoms with Crippen LogP contribution in [0.2, 0.25) is 0 Å². The number of amides is 2. The van der Waals surface area contributed by atoms with Crippen molar-refractivity contribution in [2.24, 2.45) is 0 Å². The highest BCUT2D eigenvalue weighted by molar-refractivity contribution is 5.68. The van der Waals surface area contributed by atoms with E-state index in [1.54, 1.807) is 16.5 Å². The van der Waals surface area contributed by atoms with E-state index in [1.807, 2.05) is 27.7 Å². The molecule has 9 heteroatoms. The Morgan fingerprint density at radius 2 is 2.15 bits per heavy atom. The first-order chi connectivity index (χ1) is 12.7. The van der Waals surface area contributed by atoms with Crippen LogP contribution in [0.25, 0.3) is 0 Å². The molecule has 0 saturated heterocycles. The standard InChI is InChI=1S/C18H30N4O5/c1-6-21(12-24)27-14(11-23)9-22-13(2)15-10-20(8-7-16(15)19-22)17(25)26-18(3,4)5/h12,14,23H,6-11H2,1-5H3. The van der Waals surface area contributed by atoms with Crippen molar-refractivity contribution in [2.45, 2.75) is 65.8 Å². The molecule has 2 rings (SSSR count). The topological polar surface area (TPSA) is 97.1 Å². The third kappa shape index (κ3) is 5.43. The van der Waals surface area contributed by atoms with E-state index in [-0.39, 0.29) is 12.7 Å². The van der Waals surface area contributed by atoms with Crippen molar-refractivity contribution in [3.8, 4) is 0 Å². The Bertz CT molecular complexity index is 667. The van der Waals surface area contributed by atoms with Crippen LogP contribution in [0.1, 0.15) is 44.6 Å². The highest BCUT2D eigenvalue weighted by Crippen LogP contribution is 2.24. The highest BCUT2D eigenvalue weighted by Gasteiger charge is 2.29. The number of rotatable bonds is 7. The Morgan fingerprint density at radius 1 is 1.44 bits per heavy atom. The maximum Gasteiger partial charge on any atom is 0.410 e. The normalized spacial score (nSPS) is 15.3. The fraction of sp³-hybridized carbons (Fsp3) is 0.722. The molecular weight excluding hydrogens is 352 g/mol. The van der Waals surface area contributed by atoms with E-state index in [1.165, 1.54) is 0 Å². The lowest BCUT2D eigenvalue weighted by atomic mass is 10.1. The van der Waals surface area contributed by atoms with E-state index in [9.17, 15) is 14.7 Å². The molecule has 0 aliphatic carbocycles. The number of carbonyl (C=O) groups is 2. The van der Waals surface area contributed by atoms with Gasteiger partial charge in [-0.1, -0.05) is 0 Å². The second-order valence-corrected chi connectivity index (χ2v) is 7.59. The van der Waals surface area contributed by atoms with Crippen molar-refractivity contribution in [3.05, 3.63) is 17.0 Å². The van der Waals surface area contributed by atoms with E-state index in [0.717, 1.165) is 22.0 Å². The summed E-state index contributed by atoms with van der Waals surface area (Å²) in [7, 11) is 0. The Hall–Kier alpha value is -2.13. The summed E-state index contributed by atoms with van der Waals surface area (Å²) in [4.78, 5) is 30.4. The average molecular weight is 382 g/mol. The fourth-order valence-corrected chi connectivity index (χ4v) is 2.91. The zero-order valence-electron chi connectivity index (χ0n) is 16.8. The van der Waals surface area contributed by atoms with Gasteiger partial charge in [-0.05, 0) is 34.6 Å². The van der Waals surface area contributed by atoms with Gasteiger partial charge in [-0.25, -0.2) is 9.86 Å². The maximum absolute atomic E-state index is 12.3. The molecule has 0 bridgehead atoms. The lowest BCUT2D eigenvalue weighted by molar-refractivity contribution is -0.201. The number of aliphatic hydroxyl groups excluding tert-OH is 1. The third-order valence-electron chi connectivity index (χ3n) is 4.33. The molecule has 1 aromatic rings. The fourth-order valence-electron chi connectivity index (χ4n) is 2.91. The van der Waals surface area contributed by atoms with Gasteiger partial charge in [0.1, 0.15) is 11.7 Å². The van der Waals surface area contributed by atoms with Gasteiger partial charge in [0.15, 0.2) is 0 Å². The van der Waals surface area contributed by atoms with E-state index >= 15 is 0 Å². The summed E-state index contributed by atoms with van der Waals surface area (Å²) in [6, 6.07) is 0. The average Bonchev–Trinajstić information content (AvgIpc) is 2.92. The first-order valence-electron chi connectivity index (χ1n) is 9.21. The van der Waals surface area contributed by atoms with Crippen molar-refractivity contribution in [2.75, 3.05) is 19.7 Å². The highest BCUT2D eigenvalue weighted by atomic mass is 16.7. The van der Waals surface area contributed by atoms with Gasteiger partial charge in [0.2, 0.25) is 6.41 Å². The van der Waals surface area contributed by atoms with Crippen LogP contribution in [-0.4, -0.2) is 68.8 Å². The van der Waals surface area contributed by atoms with Gasteiger partial charge < -0.3 is 14.7 Å². The van der Waals surface area contributed by atoms with Crippen LogP contribution in [-0.2, 0) is 33.9 Å². The predicted octanol–water partition coefficient (Wildman–Crippen LogP) is 1.26. The zero-order chi connectivity index (χ0) is 20.2. The third-order valence-corrected chi connectivity index (χ3v) is 4.33. The molecule has 0 saturated carbocycles. The smallest absolute Gasteiger partial charge is 0.410 e. The lowest BCUT2D eigenvalue weighted by Crippen LogP contribution is -2.39. The minimum absolute atomic E-state index is 0.238. The number of hydrogen-bond acceptors (Lipinski definition) is 6. The van der Waals surface area contributed by atoms with E-state index in [2.05, 4.69) is 5.10 Å². The number of aromatic nitrogens is 2. The number of carbonyl (C=O) groups excluding carboxylic acids is 2. The van der Waals surface area contributed by atoms with Gasteiger partial charge in [-0.15, -0.1) is 0 Å². The van der Waals surface area contributed by atoms with E-state index < -0.39 is 11.7 Å². The number of hydroxylamine groups is 2. The monoisotopic (exact) mass is 382 g/mol. The number of aliphatic hydroxyl groups is 1. The minimum atomic E-state index is -0.586. The summed E-state index contributed by atoms with van der Waals surface area (Å²) in [6.45, 7) is 10.7. The number of fused-ring (bicyclic) bond motifs is 1. The maximum atomic E-state index is 12.3. The second-order valence-electron chi connectivity index (χ2n) is 7.59. The Morgan fingerprint density at radius 3 is 2.70 bits per heavy atom. The molecule has 1 N–H and O–H groups in total. The van der Waals surface area contributed by atoms with Crippen LogP contribution in [0.3, 0.4) is 0 Å². The van der Waals surface area contributed by atoms with Crippen LogP contribution in [0.15, 0.2) is 0 Å². The molecule has 1 aliphatic rings. The molecule has 0 radical (unpaired) electrons. The molecule has 0 aromatic carbocycles. The van der Waals surface area contributed by atoms with Crippen LogP contribution >= 0.6 is 0 Å². The second kappa shape index (κ2) is 8.71. The Kier molecular flexibility index (Phi) is 6.83. The molecule has 0 fully saturated rings. The number of hydrogen-bond donors (Lipinski definition) is 1. The summed E-state index contributed by atoms with van der Waals surface area (Å²) >= 11 is 0. The summed E-state index contributed by atoms with van der Waals surface area (Å²) < 4.78 is 7.22. The van der Waals surface area contributed by atoms with Crippen LogP contribution in [0, 0.1) is 6.92 Å². The van der Waals surface area contributed by atoms with Crippen LogP contribution in [0.5, 0.6) is 0 Å². The summed E-state index contributed by atoms with van der Waals surface area (Å²) in [6.07, 6.45) is 0.309. The van der Waals surface area contributed by atoms with Gasteiger partial charge >= 0.3 is 6.09 Å². The van der Waals surface area contributed by atoms with Crippen LogP contribution in [0.4, 0.5) is 4.79 Å². The first-order valence-corrected chi connectivity index (χ1v) is 9.21. The van der Waals surface area contributed by atoms with Crippen molar-refractivity contribution in [1.29, 1.82) is 0 Å². The Labute approximate surface area is 159 Å². The van der Waals surface area contributed by atoms with E-state index in [0.29, 0.717) is 39.0 Å². The van der Waals surface area contributed by atoms with Gasteiger partial charge in [0.05, 0.1) is 25.4 Å². The first kappa shape index (κ1) is 21.2. The minimum Gasteiger partial charge on any atom is -0.444 e. The summed E-state index contributed by atoms with van der Waals surface area (Å²) in [5.74, 6) is 0. The van der Waals surface area contributed by atoms with E-state index in [4.69, 9.17) is 9.57 Å². The van der Waals surface area contributed by atoms with Gasteiger partial charge in [-0.2, -0.15) is 5.10 Å². The molecule has 1 aliphatic heterocycles. The molecule has 2 heterocycles. The summed E-state index contributed by atoms with van der Waals surface area (Å²) in [5.41, 5.74) is 2.30. The largest absolute Gasteiger partial charge is 0.444 e. The summed E-state index contributed by atoms with van der Waals surface area (Å²) in [5, 5.41) is 15.3. The van der Waals surface area contributed by atoms with Crippen molar-refractivity contribution >= 4 is 12.5 Å². The molecule has 9 nitrogen and oxygen atoms in total. The number of ether oxygens (including phenoxy) is 1. The molecule has 1 unspecified atom stereocenters. The molecule has 1 atom stereocenters. The lowest BCUT2D eigenvalue weighted by Gasteiger charge is -2.29. The van der Waals surface area contributed by atoms with Crippen molar-refractivity contribution in [1.82, 2.24) is 19.7 Å². The zero-order valence-corrected chi connectivity index (χ0v) is 16.8. The van der Waals surface area contributed by atoms with Crippen LogP contribution < -0.4 is 0 Å². The predicted molar refractivity (Wildman–Crippen MR) is 97.7 cm³/mol. The van der Waals surface area contributed by atoms with Gasteiger partial charge in [0, 0.05) is 30.8 Å². The number of nitrogens with zero attached hydrogens (tertiary/aromatic N) is 4. The SMILES string of the molecule is CCN(C=O)OC(CO)Cn1nc2c(c1C)CN(C(=O)OC(C)(C)C)CC2. The molecule has 0 spiro atoms. The molecule has 2 amide bonds. The van der Waals surface area contributed by atoms with Gasteiger partial charge in [0.25, 0.3) is 0 Å². The molecule has 1 aromatic heterocycles. The quantitative estimate of drug-likeness (QED) is 0.563. The van der Waals surface area contributed by atoms with Gasteiger partial charge in [-0.3, -0.25) is 14.3 Å². The molecular formula is C18H30N4O5. The Balaban J connectivity index is 2.09. The van der Waals surface area contributed by atoms with Crippen molar-refractivity contribution in [3.63, 3.8) is 0 Å². The molecule has 27 heavy (non-hydrogen) atoms. The molecule has 152 valence electrons.